The van der Waals surface area contributed by atoms with Crippen LogP contribution in [-0.2, 0) is 18.9 Å². The smallest absolute Gasteiger partial charge is 0.165 e. The quantitative estimate of drug-likeness (QED) is 0.328. The van der Waals surface area contributed by atoms with Crippen molar-refractivity contribution >= 4 is 0 Å². The molecule has 0 aromatic carbocycles. The molecule has 0 saturated carbocycles. The van der Waals surface area contributed by atoms with E-state index >= 15 is 0 Å². The van der Waals surface area contributed by atoms with Crippen LogP contribution < -0.4 is 0 Å². The van der Waals surface area contributed by atoms with E-state index in [4.69, 9.17) is 18.9 Å². The van der Waals surface area contributed by atoms with Gasteiger partial charge in [0.05, 0.1) is 13.2 Å². The van der Waals surface area contributed by atoms with Gasteiger partial charge in [-0.3, -0.25) is 0 Å². The zero-order valence-electron chi connectivity index (χ0n) is 10.7. The highest BCUT2D eigenvalue weighted by Gasteiger charge is 2.25. The molecular weight excluding hydrogens is 208 g/mol. The second-order valence-electron chi connectivity index (χ2n) is 4.13. The van der Waals surface area contributed by atoms with Crippen LogP contribution in [0.25, 0.3) is 0 Å². The van der Waals surface area contributed by atoms with Crippen LogP contribution in [-0.4, -0.2) is 44.9 Å². The molecule has 1 fully saturated rings. The highest BCUT2D eigenvalue weighted by atomic mass is 16.7. The molecule has 96 valence electrons. The number of rotatable bonds is 10. The fraction of sp³-hybridized carbons (Fsp3) is 1.00. The molecule has 1 atom stereocenters. The lowest BCUT2D eigenvalue weighted by atomic mass is 10.1. The van der Waals surface area contributed by atoms with Crippen LogP contribution >= 0.6 is 0 Å². The van der Waals surface area contributed by atoms with Crippen LogP contribution in [0.5, 0.6) is 0 Å². The molecule has 0 radical (unpaired) electrons. The molecule has 1 aliphatic rings. The van der Waals surface area contributed by atoms with E-state index < -0.39 is 5.79 Å². The van der Waals surface area contributed by atoms with Gasteiger partial charge < -0.3 is 18.9 Å². The van der Waals surface area contributed by atoms with Crippen molar-refractivity contribution in [3.05, 3.63) is 0 Å². The van der Waals surface area contributed by atoms with E-state index in [-0.39, 0.29) is 0 Å². The molecule has 0 N–H and O–H groups in total. The van der Waals surface area contributed by atoms with E-state index in [0.717, 1.165) is 32.7 Å². The van der Waals surface area contributed by atoms with E-state index in [2.05, 4.69) is 0 Å². The molecule has 0 bridgehead atoms. The number of hydrogen-bond donors (Lipinski definition) is 0. The van der Waals surface area contributed by atoms with Crippen molar-refractivity contribution < 1.29 is 18.9 Å². The van der Waals surface area contributed by atoms with Gasteiger partial charge in [0.2, 0.25) is 0 Å². The van der Waals surface area contributed by atoms with Crippen LogP contribution in [0.2, 0.25) is 0 Å². The molecule has 1 heterocycles. The molecule has 0 amide bonds. The Kier molecular flexibility index (Phi) is 6.28. The van der Waals surface area contributed by atoms with Crippen LogP contribution in [0, 0.1) is 0 Å². The Balaban J connectivity index is 2.05. The Labute approximate surface area is 98.2 Å². The van der Waals surface area contributed by atoms with Crippen molar-refractivity contribution in [2.45, 2.75) is 45.5 Å². The zero-order chi connectivity index (χ0) is 11.9. The number of hydrogen-bond acceptors (Lipinski definition) is 4. The summed E-state index contributed by atoms with van der Waals surface area (Å²) in [5.74, 6) is -0.455. The monoisotopic (exact) mass is 232 g/mol. The van der Waals surface area contributed by atoms with Crippen molar-refractivity contribution in [2.24, 2.45) is 0 Å². The van der Waals surface area contributed by atoms with Gasteiger partial charge in [0.25, 0.3) is 0 Å². The summed E-state index contributed by atoms with van der Waals surface area (Å²) in [4.78, 5) is 0. The van der Waals surface area contributed by atoms with Crippen molar-refractivity contribution in [3.8, 4) is 0 Å². The van der Waals surface area contributed by atoms with Crippen LogP contribution in [0.3, 0.4) is 0 Å². The normalized spacial score (nSPS) is 20.1. The zero-order valence-corrected chi connectivity index (χ0v) is 10.7. The Morgan fingerprint density at radius 1 is 1.25 bits per heavy atom. The molecular formula is C12H24O4. The molecule has 1 saturated heterocycles. The second kappa shape index (κ2) is 7.22. The van der Waals surface area contributed by atoms with Gasteiger partial charge >= 0.3 is 0 Å². The van der Waals surface area contributed by atoms with E-state index in [1.165, 1.54) is 0 Å². The third kappa shape index (κ3) is 5.80. The lowest BCUT2D eigenvalue weighted by Crippen LogP contribution is -2.32. The SMILES string of the molecule is CCOC(C)(CCCOCC1CO1)OCC. The first kappa shape index (κ1) is 13.9. The number of epoxide rings is 1. The van der Waals surface area contributed by atoms with Gasteiger partial charge in [-0.1, -0.05) is 0 Å². The Hall–Kier alpha value is -0.160. The summed E-state index contributed by atoms with van der Waals surface area (Å²) in [5, 5.41) is 0. The van der Waals surface area contributed by atoms with Gasteiger partial charge in [-0.2, -0.15) is 0 Å². The maximum absolute atomic E-state index is 5.61. The summed E-state index contributed by atoms with van der Waals surface area (Å²) < 4.78 is 21.7. The summed E-state index contributed by atoms with van der Waals surface area (Å²) in [6.07, 6.45) is 2.16. The van der Waals surface area contributed by atoms with E-state index in [1.54, 1.807) is 0 Å². The Morgan fingerprint density at radius 3 is 2.38 bits per heavy atom. The fourth-order valence-electron chi connectivity index (χ4n) is 1.67. The minimum absolute atomic E-state index is 0.352. The Bertz CT molecular complexity index is 174. The molecule has 4 heteroatoms. The topological polar surface area (TPSA) is 40.2 Å². The first-order valence-electron chi connectivity index (χ1n) is 6.17. The van der Waals surface area contributed by atoms with Gasteiger partial charge in [0.15, 0.2) is 5.79 Å². The predicted octanol–water partition coefficient (Wildman–Crippen LogP) is 1.97. The summed E-state index contributed by atoms with van der Waals surface area (Å²) in [5.41, 5.74) is 0. The highest BCUT2D eigenvalue weighted by molar-refractivity contribution is 4.67. The molecule has 1 rings (SSSR count). The van der Waals surface area contributed by atoms with Crippen molar-refractivity contribution in [2.75, 3.05) is 33.0 Å². The summed E-state index contributed by atoms with van der Waals surface area (Å²) in [6, 6.07) is 0. The average Bonchev–Trinajstić information content (AvgIpc) is 3.02. The van der Waals surface area contributed by atoms with Gasteiger partial charge in [0, 0.05) is 26.2 Å². The predicted molar refractivity (Wildman–Crippen MR) is 61.5 cm³/mol. The number of ether oxygens (including phenoxy) is 4. The van der Waals surface area contributed by atoms with E-state index in [1.807, 2.05) is 20.8 Å². The Morgan fingerprint density at radius 2 is 1.88 bits per heavy atom. The third-order valence-electron chi connectivity index (χ3n) is 2.53. The maximum atomic E-state index is 5.61. The standard InChI is InChI=1S/C12H24O4/c1-4-15-12(3,16-5-2)7-6-8-13-9-11-10-14-11/h11H,4-10H2,1-3H3. The molecule has 0 spiro atoms. The van der Waals surface area contributed by atoms with Crippen LogP contribution in [0.4, 0.5) is 0 Å². The fourth-order valence-corrected chi connectivity index (χ4v) is 1.67. The van der Waals surface area contributed by atoms with Crippen molar-refractivity contribution in [1.82, 2.24) is 0 Å². The van der Waals surface area contributed by atoms with E-state index in [0.29, 0.717) is 19.3 Å². The third-order valence-corrected chi connectivity index (χ3v) is 2.53. The van der Waals surface area contributed by atoms with Gasteiger partial charge in [-0.25, -0.2) is 0 Å². The molecule has 4 nitrogen and oxygen atoms in total. The molecule has 1 aliphatic heterocycles. The lowest BCUT2D eigenvalue weighted by Gasteiger charge is -2.29. The molecule has 16 heavy (non-hydrogen) atoms. The largest absolute Gasteiger partial charge is 0.379 e. The summed E-state index contributed by atoms with van der Waals surface area (Å²) in [7, 11) is 0. The first-order chi connectivity index (χ1) is 7.70. The van der Waals surface area contributed by atoms with Crippen molar-refractivity contribution in [1.29, 1.82) is 0 Å². The minimum atomic E-state index is -0.455. The molecule has 0 aromatic heterocycles. The molecule has 1 unspecified atom stereocenters. The van der Waals surface area contributed by atoms with E-state index in [9.17, 15) is 0 Å². The van der Waals surface area contributed by atoms with Gasteiger partial charge in [0.1, 0.15) is 6.10 Å². The van der Waals surface area contributed by atoms with Gasteiger partial charge in [-0.15, -0.1) is 0 Å². The maximum Gasteiger partial charge on any atom is 0.165 e. The summed E-state index contributed by atoms with van der Waals surface area (Å²) in [6.45, 7) is 9.63. The summed E-state index contributed by atoms with van der Waals surface area (Å²) >= 11 is 0. The second-order valence-corrected chi connectivity index (χ2v) is 4.13. The molecule has 0 aliphatic carbocycles. The minimum Gasteiger partial charge on any atom is -0.379 e. The van der Waals surface area contributed by atoms with Crippen molar-refractivity contribution in [3.63, 3.8) is 0 Å². The lowest BCUT2D eigenvalue weighted by molar-refractivity contribution is -0.226. The van der Waals surface area contributed by atoms with Crippen LogP contribution in [0.1, 0.15) is 33.6 Å². The highest BCUT2D eigenvalue weighted by Crippen LogP contribution is 2.19. The first-order valence-corrected chi connectivity index (χ1v) is 6.17. The molecule has 0 aromatic rings. The average molecular weight is 232 g/mol. The van der Waals surface area contributed by atoms with Gasteiger partial charge in [-0.05, 0) is 27.2 Å². The van der Waals surface area contributed by atoms with Crippen LogP contribution in [0.15, 0.2) is 0 Å².